The van der Waals surface area contributed by atoms with Crippen molar-refractivity contribution in [2.75, 3.05) is 6.54 Å². The maximum absolute atomic E-state index is 13.1. The van der Waals surface area contributed by atoms with Crippen LogP contribution in [0.4, 0.5) is 13.2 Å². The fourth-order valence-corrected chi connectivity index (χ4v) is 4.93. The number of phenolic OH excluding ortho intramolecular Hbond substituents is 1. The minimum atomic E-state index is -4.57. The number of aliphatic hydroxyl groups is 1. The van der Waals surface area contributed by atoms with E-state index in [-0.39, 0.29) is 28.6 Å². The smallest absolute Gasteiger partial charge is 0.416 e. The van der Waals surface area contributed by atoms with Crippen molar-refractivity contribution in [3.63, 3.8) is 0 Å². The average Bonchev–Trinajstić information content (AvgIpc) is 3.41. The maximum atomic E-state index is 13.1. The lowest BCUT2D eigenvalue weighted by Crippen LogP contribution is -2.28. The topological polar surface area (TPSA) is 91.5 Å². The van der Waals surface area contributed by atoms with Crippen LogP contribution in [0.3, 0.4) is 0 Å². The molecule has 2 atom stereocenters. The zero-order valence-electron chi connectivity index (χ0n) is 18.8. The number of nitrogens with zero attached hydrogens (tertiary/aromatic N) is 4. The Morgan fingerprint density at radius 2 is 1.97 bits per heavy atom. The van der Waals surface area contributed by atoms with Gasteiger partial charge in [0, 0.05) is 42.4 Å². The summed E-state index contributed by atoms with van der Waals surface area (Å²) in [7, 11) is 0. The molecule has 0 radical (unpaired) electrons. The molecule has 2 aliphatic rings. The lowest BCUT2D eigenvalue weighted by molar-refractivity contribution is -0.137. The summed E-state index contributed by atoms with van der Waals surface area (Å²) < 4.78 is 40.9. The third-order valence-electron chi connectivity index (χ3n) is 6.60. The highest BCUT2D eigenvalue weighted by atomic mass is 19.4. The SMILES string of the molecule is Cc1cc(C(F)(F)F)cc(O)c1-c1ccc2c([C@@H](C)O)n(C[C@H]3CC(=O)N(C4CC4)C3)nc2n1. The van der Waals surface area contributed by atoms with Gasteiger partial charge in [0.25, 0.3) is 0 Å². The normalized spacial score (nSPS) is 19.9. The highest BCUT2D eigenvalue weighted by molar-refractivity contribution is 5.83. The first-order chi connectivity index (χ1) is 16.0. The molecule has 3 aromatic rings. The number of pyridine rings is 1. The molecule has 1 aliphatic carbocycles. The fourth-order valence-electron chi connectivity index (χ4n) is 4.93. The molecule has 10 heteroatoms. The van der Waals surface area contributed by atoms with E-state index >= 15 is 0 Å². The number of aryl methyl sites for hydroxylation is 1. The summed E-state index contributed by atoms with van der Waals surface area (Å²) >= 11 is 0. The molecule has 2 fully saturated rings. The van der Waals surface area contributed by atoms with E-state index in [1.54, 1.807) is 23.7 Å². The Bertz CT molecular complexity index is 1260. The number of carbonyl (C=O) groups is 1. The van der Waals surface area contributed by atoms with Gasteiger partial charge in [-0.15, -0.1) is 0 Å². The standard InChI is InChI=1S/C24H25F3N4O3/c1-12-7-15(24(25,26)27)9-19(33)21(12)18-6-5-17-22(13(2)32)31(29-23(17)28-18)11-14-8-20(34)30(10-14)16-3-4-16/h5-7,9,13-14,16,32-33H,3-4,8,10-11H2,1-2H3/t13-,14+/m1/s1. The van der Waals surface area contributed by atoms with Crippen molar-refractivity contribution in [1.29, 1.82) is 0 Å². The Morgan fingerprint density at radius 3 is 2.59 bits per heavy atom. The number of aliphatic hydroxyl groups excluding tert-OH is 1. The molecule has 7 nitrogen and oxygen atoms in total. The number of benzene rings is 1. The van der Waals surface area contributed by atoms with E-state index in [4.69, 9.17) is 0 Å². The molecular weight excluding hydrogens is 449 g/mol. The van der Waals surface area contributed by atoms with Crippen molar-refractivity contribution in [3.05, 3.63) is 41.1 Å². The van der Waals surface area contributed by atoms with Gasteiger partial charge in [-0.3, -0.25) is 9.48 Å². The molecule has 0 bridgehead atoms. The number of likely N-dealkylation sites (tertiary alicyclic amines) is 1. The number of aromatic nitrogens is 3. The molecular formula is C24H25F3N4O3. The maximum Gasteiger partial charge on any atom is 0.416 e. The summed E-state index contributed by atoms with van der Waals surface area (Å²) in [6, 6.07) is 5.33. The third-order valence-corrected chi connectivity index (χ3v) is 6.60. The van der Waals surface area contributed by atoms with E-state index < -0.39 is 23.6 Å². The van der Waals surface area contributed by atoms with Crippen LogP contribution in [0.25, 0.3) is 22.3 Å². The lowest BCUT2D eigenvalue weighted by Gasteiger charge is -2.16. The second-order valence-corrected chi connectivity index (χ2v) is 9.34. The number of phenols is 1. The largest absolute Gasteiger partial charge is 0.507 e. The predicted octanol–water partition coefficient (Wildman–Crippen LogP) is 4.20. The molecule has 1 aliphatic heterocycles. The first kappa shape index (κ1) is 22.6. The summed E-state index contributed by atoms with van der Waals surface area (Å²) in [6.07, 6.45) is -2.88. The average molecular weight is 474 g/mol. The van der Waals surface area contributed by atoms with Gasteiger partial charge in [-0.2, -0.15) is 18.3 Å². The molecule has 2 aromatic heterocycles. The van der Waals surface area contributed by atoms with Gasteiger partial charge in [0.2, 0.25) is 5.91 Å². The van der Waals surface area contributed by atoms with Crippen molar-refractivity contribution in [2.45, 2.75) is 58.0 Å². The molecule has 1 saturated carbocycles. The Morgan fingerprint density at radius 1 is 1.24 bits per heavy atom. The van der Waals surface area contributed by atoms with E-state index in [0.717, 1.165) is 18.9 Å². The van der Waals surface area contributed by atoms with Crippen molar-refractivity contribution in [1.82, 2.24) is 19.7 Å². The Labute approximate surface area is 193 Å². The minimum Gasteiger partial charge on any atom is -0.507 e. The van der Waals surface area contributed by atoms with Crippen LogP contribution in [0, 0.1) is 12.8 Å². The van der Waals surface area contributed by atoms with Gasteiger partial charge >= 0.3 is 6.18 Å². The summed E-state index contributed by atoms with van der Waals surface area (Å²) in [5.41, 5.74) is 0.673. The molecule has 1 saturated heterocycles. The van der Waals surface area contributed by atoms with Gasteiger partial charge in [0.05, 0.1) is 23.1 Å². The van der Waals surface area contributed by atoms with Crippen LogP contribution in [0.1, 0.15) is 49.1 Å². The number of rotatable bonds is 5. The van der Waals surface area contributed by atoms with Crippen LogP contribution in [-0.2, 0) is 17.5 Å². The first-order valence-corrected chi connectivity index (χ1v) is 11.3. The van der Waals surface area contributed by atoms with Crippen molar-refractivity contribution < 1.29 is 28.2 Å². The second-order valence-electron chi connectivity index (χ2n) is 9.34. The monoisotopic (exact) mass is 474 g/mol. The summed E-state index contributed by atoms with van der Waals surface area (Å²) in [5, 5.41) is 26.0. The van der Waals surface area contributed by atoms with E-state index in [1.165, 1.54) is 6.92 Å². The number of alkyl halides is 3. The number of carbonyl (C=O) groups excluding carboxylic acids is 1. The molecule has 180 valence electrons. The Hall–Kier alpha value is -3.14. The van der Waals surface area contributed by atoms with Crippen molar-refractivity contribution in [2.24, 2.45) is 5.92 Å². The molecule has 2 N–H and O–H groups in total. The van der Waals surface area contributed by atoms with E-state index in [9.17, 15) is 28.2 Å². The molecule has 0 spiro atoms. The van der Waals surface area contributed by atoms with E-state index in [2.05, 4.69) is 10.1 Å². The highest BCUT2D eigenvalue weighted by Crippen LogP contribution is 2.39. The minimum absolute atomic E-state index is 0.0700. The molecule has 0 unspecified atom stereocenters. The van der Waals surface area contributed by atoms with Crippen LogP contribution < -0.4 is 0 Å². The van der Waals surface area contributed by atoms with Crippen LogP contribution in [-0.4, -0.2) is 48.4 Å². The van der Waals surface area contributed by atoms with Gasteiger partial charge < -0.3 is 15.1 Å². The lowest BCUT2D eigenvalue weighted by atomic mass is 10.00. The van der Waals surface area contributed by atoms with Gasteiger partial charge in [0.15, 0.2) is 5.65 Å². The van der Waals surface area contributed by atoms with Crippen LogP contribution in [0.2, 0.25) is 0 Å². The third kappa shape index (κ3) is 4.00. The van der Waals surface area contributed by atoms with E-state index in [1.807, 2.05) is 4.90 Å². The quantitative estimate of drug-likeness (QED) is 0.579. The van der Waals surface area contributed by atoms with Crippen molar-refractivity contribution in [3.8, 4) is 17.0 Å². The number of amides is 1. The number of hydrogen-bond acceptors (Lipinski definition) is 5. The van der Waals surface area contributed by atoms with Crippen LogP contribution >= 0.6 is 0 Å². The number of halogens is 3. The highest BCUT2D eigenvalue weighted by Gasteiger charge is 2.39. The summed E-state index contributed by atoms with van der Waals surface area (Å²) in [6.45, 7) is 4.23. The zero-order chi connectivity index (χ0) is 24.4. The van der Waals surface area contributed by atoms with Crippen LogP contribution in [0.5, 0.6) is 5.75 Å². The zero-order valence-corrected chi connectivity index (χ0v) is 18.8. The molecule has 3 heterocycles. The molecule has 1 aromatic carbocycles. The summed E-state index contributed by atoms with van der Waals surface area (Å²) in [4.78, 5) is 18.8. The summed E-state index contributed by atoms with van der Waals surface area (Å²) in [5.74, 6) is -0.295. The van der Waals surface area contributed by atoms with Gasteiger partial charge in [-0.1, -0.05) is 0 Å². The van der Waals surface area contributed by atoms with Crippen molar-refractivity contribution >= 4 is 16.9 Å². The molecule has 1 amide bonds. The molecule has 5 rings (SSSR count). The van der Waals surface area contributed by atoms with Gasteiger partial charge in [0.1, 0.15) is 5.75 Å². The van der Waals surface area contributed by atoms with Crippen LogP contribution in [0.15, 0.2) is 24.3 Å². The fraction of sp³-hybridized carbons (Fsp3) is 0.458. The Kier molecular flexibility index (Phi) is 5.31. The van der Waals surface area contributed by atoms with Gasteiger partial charge in [-0.25, -0.2) is 4.98 Å². The predicted molar refractivity (Wildman–Crippen MR) is 118 cm³/mol. The second kappa shape index (κ2) is 7.97. The molecule has 34 heavy (non-hydrogen) atoms. The number of aromatic hydroxyl groups is 1. The first-order valence-electron chi connectivity index (χ1n) is 11.3. The van der Waals surface area contributed by atoms with E-state index in [0.29, 0.717) is 48.3 Å². The van der Waals surface area contributed by atoms with Gasteiger partial charge in [-0.05, 0) is 56.5 Å². The number of hydrogen-bond donors (Lipinski definition) is 2. The Balaban J connectivity index is 1.50. The number of fused-ring (bicyclic) bond motifs is 1.